The van der Waals surface area contributed by atoms with Gasteiger partial charge in [0.25, 0.3) is 0 Å². The van der Waals surface area contributed by atoms with Crippen molar-refractivity contribution >= 4 is 13.8 Å². The first-order valence-electron chi connectivity index (χ1n) is 21.8. The van der Waals surface area contributed by atoms with Crippen molar-refractivity contribution in [3.05, 3.63) is 85.1 Å². The summed E-state index contributed by atoms with van der Waals surface area (Å²) >= 11 is 0. The van der Waals surface area contributed by atoms with Crippen LogP contribution in [-0.4, -0.2) is 75.6 Å². The van der Waals surface area contributed by atoms with Crippen LogP contribution in [0, 0.1) is 0 Å². The molecule has 2 atom stereocenters. The van der Waals surface area contributed by atoms with Crippen LogP contribution in [-0.2, 0) is 27.9 Å². The molecule has 9 heteroatoms. The zero-order chi connectivity index (χ0) is 41.3. The van der Waals surface area contributed by atoms with Crippen molar-refractivity contribution in [1.82, 2.24) is 0 Å². The zero-order valence-electron chi connectivity index (χ0n) is 36.3. The lowest BCUT2D eigenvalue weighted by Gasteiger charge is -2.24. The summed E-state index contributed by atoms with van der Waals surface area (Å²) in [5, 5.41) is 0. The molecular formula is C47H83NO7P+. The maximum Gasteiger partial charge on any atom is 0.472 e. The third-order valence-electron chi connectivity index (χ3n) is 8.69. The molecule has 0 fully saturated rings. The largest absolute Gasteiger partial charge is 0.472 e. The van der Waals surface area contributed by atoms with E-state index in [-0.39, 0.29) is 25.8 Å². The standard InChI is InChI=1S/C47H82NO7P/c1-6-8-10-12-14-16-18-20-22-23-24-25-26-27-29-31-33-35-37-39-42-52-44-46(45-54-56(50,51)53-43-41-48(3,4)5)55-47(49)40-38-36-34-32-30-28-21-19-17-15-13-11-9-7-2/h8,10,13-16,19-22,24-25,27,29,46H,6-7,9,11-12,17-18,23,26,28,30-45H2,1-5H3/p+1/b10-8-,15-13-,16-14-,21-19-,22-20-,25-24-,29-27-. The molecule has 0 heterocycles. The topological polar surface area (TPSA) is 91.3 Å². The summed E-state index contributed by atoms with van der Waals surface area (Å²) in [6.07, 6.45) is 51.9. The Labute approximate surface area is 344 Å². The first kappa shape index (κ1) is 53.7. The molecular weight excluding hydrogens is 721 g/mol. The number of nitrogens with zero attached hydrogens (tertiary/aromatic N) is 1. The second-order valence-corrected chi connectivity index (χ2v) is 16.8. The van der Waals surface area contributed by atoms with Gasteiger partial charge in [0.1, 0.15) is 19.3 Å². The summed E-state index contributed by atoms with van der Waals surface area (Å²) in [5.41, 5.74) is 0. The van der Waals surface area contributed by atoms with Crippen LogP contribution in [0.4, 0.5) is 0 Å². The van der Waals surface area contributed by atoms with Crippen LogP contribution in [0.3, 0.4) is 0 Å². The monoisotopic (exact) mass is 805 g/mol. The number of carbonyl (C=O) groups excluding carboxylic acids is 1. The summed E-state index contributed by atoms with van der Waals surface area (Å²) in [5.74, 6) is -0.342. The maximum absolute atomic E-state index is 12.7. The van der Waals surface area contributed by atoms with E-state index in [9.17, 15) is 14.3 Å². The number of likely N-dealkylation sites (N-methyl/N-ethyl adjacent to an activating group) is 1. The van der Waals surface area contributed by atoms with E-state index >= 15 is 0 Å². The van der Waals surface area contributed by atoms with Crippen molar-refractivity contribution < 1.29 is 37.3 Å². The summed E-state index contributed by atoms with van der Waals surface area (Å²) in [4.78, 5) is 22.9. The zero-order valence-corrected chi connectivity index (χ0v) is 37.2. The highest BCUT2D eigenvalue weighted by Gasteiger charge is 2.26. The van der Waals surface area contributed by atoms with E-state index in [1.807, 2.05) is 21.1 Å². The van der Waals surface area contributed by atoms with Gasteiger partial charge in [-0.15, -0.1) is 0 Å². The predicted octanol–water partition coefficient (Wildman–Crippen LogP) is 12.9. The van der Waals surface area contributed by atoms with Gasteiger partial charge in [0, 0.05) is 13.0 Å². The molecule has 0 aliphatic rings. The Kier molecular flexibility index (Phi) is 37.9. The molecule has 0 aromatic carbocycles. The Morgan fingerprint density at radius 3 is 1.55 bits per heavy atom. The van der Waals surface area contributed by atoms with Crippen LogP contribution in [0.25, 0.3) is 0 Å². The highest BCUT2D eigenvalue weighted by Crippen LogP contribution is 2.43. The van der Waals surface area contributed by atoms with Crippen molar-refractivity contribution in [1.29, 1.82) is 0 Å². The number of carbonyl (C=O) groups is 1. The van der Waals surface area contributed by atoms with E-state index in [4.69, 9.17) is 18.5 Å². The van der Waals surface area contributed by atoms with Crippen molar-refractivity contribution in [2.45, 2.75) is 155 Å². The molecule has 0 saturated heterocycles. The number of hydrogen-bond acceptors (Lipinski definition) is 6. The summed E-state index contributed by atoms with van der Waals surface area (Å²) < 4.78 is 34.9. The molecule has 0 saturated carbocycles. The number of unbranched alkanes of at least 4 members (excludes halogenated alkanes) is 11. The maximum atomic E-state index is 12.7. The third-order valence-corrected chi connectivity index (χ3v) is 9.67. The number of ether oxygens (including phenoxy) is 2. The molecule has 0 rings (SSSR count). The SMILES string of the molecule is CC/C=C\C/C=C\C/C=C\C/C=C\C/C=C\CCCCCCOCC(COP(=O)(O)OCC[N+](C)(C)C)OC(=O)CCCCCCC/C=C\C/C=C\CCCC. The molecule has 0 amide bonds. The Bertz CT molecular complexity index is 1170. The van der Waals surface area contributed by atoms with Gasteiger partial charge in [0.2, 0.25) is 0 Å². The Hall–Kier alpha value is -2.32. The van der Waals surface area contributed by atoms with Crippen LogP contribution in [0.1, 0.15) is 149 Å². The summed E-state index contributed by atoms with van der Waals surface area (Å²) in [7, 11) is 1.62. The summed E-state index contributed by atoms with van der Waals surface area (Å²) in [6, 6.07) is 0. The first-order chi connectivity index (χ1) is 27.1. The van der Waals surface area contributed by atoms with E-state index in [2.05, 4.69) is 98.9 Å². The van der Waals surface area contributed by atoms with Crippen LogP contribution in [0.15, 0.2) is 85.1 Å². The van der Waals surface area contributed by atoms with E-state index in [0.717, 1.165) is 109 Å². The predicted molar refractivity (Wildman–Crippen MR) is 238 cm³/mol. The number of quaternary nitrogens is 1. The van der Waals surface area contributed by atoms with Gasteiger partial charge in [-0.25, -0.2) is 4.57 Å². The number of esters is 1. The van der Waals surface area contributed by atoms with Crippen molar-refractivity contribution in [2.75, 3.05) is 54.1 Å². The number of phosphoric ester groups is 1. The van der Waals surface area contributed by atoms with Gasteiger partial charge >= 0.3 is 13.8 Å². The highest BCUT2D eigenvalue weighted by atomic mass is 31.2. The average Bonchev–Trinajstić information content (AvgIpc) is 3.15. The van der Waals surface area contributed by atoms with Gasteiger partial charge in [0.15, 0.2) is 0 Å². The fraction of sp³-hybridized carbons (Fsp3) is 0.681. The molecule has 0 bridgehead atoms. The van der Waals surface area contributed by atoms with Gasteiger partial charge < -0.3 is 18.9 Å². The first-order valence-corrected chi connectivity index (χ1v) is 23.3. The lowest BCUT2D eigenvalue weighted by molar-refractivity contribution is -0.870. The normalized spacial score (nSPS) is 14.6. The van der Waals surface area contributed by atoms with Gasteiger partial charge in [-0.3, -0.25) is 13.8 Å². The Morgan fingerprint density at radius 1 is 0.571 bits per heavy atom. The van der Waals surface area contributed by atoms with Crippen LogP contribution in [0.5, 0.6) is 0 Å². The van der Waals surface area contributed by atoms with E-state index in [1.54, 1.807) is 0 Å². The molecule has 56 heavy (non-hydrogen) atoms. The smallest absolute Gasteiger partial charge is 0.457 e. The minimum absolute atomic E-state index is 0.0755. The van der Waals surface area contributed by atoms with Crippen LogP contribution < -0.4 is 0 Å². The molecule has 0 aliphatic heterocycles. The second kappa shape index (κ2) is 39.5. The summed E-state index contributed by atoms with van der Waals surface area (Å²) in [6.45, 7) is 5.35. The molecule has 0 radical (unpaired) electrons. The van der Waals surface area contributed by atoms with Gasteiger partial charge in [-0.05, 0) is 83.5 Å². The molecule has 322 valence electrons. The van der Waals surface area contributed by atoms with E-state index in [0.29, 0.717) is 24.1 Å². The highest BCUT2D eigenvalue weighted by molar-refractivity contribution is 7.47. The van der Waals surface area contributed by atoms with Crippen molar-refractivity contribution in [3.63, 3.8) is 0 Å². The van der Waals surface area contributed by atoms with Crippen molar-refractivity contribution in [3.8, 4) is 0 Å². The number of allylic oxidation sites excluding steroid dienone is 14. The Balaban J connectivity index is 4.33. The number of hydrogen-bond donors (Lipinski definition) is 1. The van der Waals surface area contributed by atoms with E-state index in [1.165, 1.54) is 19.3 Å². The van der Waals surface area contributed by atoms with E-state index < -0.39 is 13.9 Å². The molecule has 2 unspecified atom stereocenters. The van der Waals surface area contributed by atoms with Crippen molar-refractivity contribution in [2.24, 2.45) is 0 Å². The minimum atomic E-state index is -4.29. The van der Waals surface area contributed by atoms with Gasteiger partial charge in [-0.2, -0.15) is 0 Å². The second-order valence-electron chi connectivity index (χ2n) is 15.3. The number of rotatable bonds is 39. The average molecular weight is 805 g/mol. The van der Waals surface area contributed by atoms with Gasteiger partial charge in [0.05, 0.1) is 34.4 Å². The molecule has 0 aliphatic carbocycles. The quantitative estimate of drug-likeness (QED) is 0.0217. The molecule has 0 aromatic heterocycles. The fourth-order valence-corrected chi connectivity index (χ4v) is 6.04. The van der Waals surface area contributed by atoms with Crippen LogP contribution >= 0.6 is 7.82 Å². The molecule has 8 nitrogen and oxygen atoms in total. The molecule has 0 spiro atoms. The fourth-order valence-electron chi connectivity index (χ4n) is 5.30. The third kappa shape index (κ3) is 42.8. The Morgan fingerprint density at radius 2 is 1.04 bits per heavy atom. The molecule has 0 aromatic rings. The minimum Gasteiger partial charge on any atom is -0.457 e. The van der Waals surface area contributed by atoms with Gasteiger partial charge in [-0.1, -0.05) is 144 Å². The lowest BCUT2D eigenvalue weighted by atomic mass is 10.1. The molecule has 1 N–H and O–H groups in total. The lowest BCUT2D eigenvalue weighted by Crippen LogP contribution is -2.37. The number of phosphoric acid groups is 1. The van der Waals surface area contributed by atoms with Crippen LogP contribution in [0.2, 0.25) is 0 Å².